The van der Waals surface area contributed by atoms with Crippen molar-refractivity contribution >= 4 is 9.84 Å². The van der Waals surface area contributed by atoms with Crippen LogP contribution in [0.4, 0.5) is 0 Å². The number of likely N-dealkylation sites (N-methyl/N-ethyl adjacent to an activating group) is 1. The van der Waals surface area contributed by atoms with E-state index in [1.807, 2.05) is 0 Å². The summed E-state index contributed by atoms with van der Waals surface area (Å²) in [6.07, 6.45) is 0. The van der Waals surface area contributed by atoms with Gasteiger partial charge in [-0.25, -0.2) is 0 Å². The largest absolute Gasteiger partial charge is 0.395 e. The van der Waals surface area contributed by atoms with E-state index in [1.165, 1.54) is 0 Å². The molecule has 0 bridgehead atoms. The molecule has 72 valence electrons. The summed E-state index contributed by atoms with van der Waals surface area (Å²) in [5, 5.41) is 8.77. The number of rotatable bonds is 7. The van der Waals surface area contributed by atoms with E-state index in [4.69, 9.17) is 5.11 Å². The third kappa shape index (κ3) is 4.87. The molecule has 0 spiro atoms. The molecule has 0 fully saturated rings. The van der Waals surface area contributed by atoms with Gasteiger partial charge < -0.3 is 14.2 Å². The van der Waals surface area contributed by atoms with Crippen LogP contribution in [-0.2, 0) is 0 Å². The van der Waals surface area contributed by atoms with E-state index in [0.717, 1.165) is 36.0 Å². The zero-order valence-electron chi connectivity index (χ0n) is 8.38. The van der Waals surface area contributed by atoms with E-state index < -0.39 is 0 Å². The third-order valence-corrected chi connectivity index (χ3v) is 3.54. The average Bonchev–Trinajstić information content (AvgIpc) is 2.12. The van der Waals surface area contributed by atoms with Crippen molar-refractivity contribution in [1.29, 1.82) is 0 Å². The summed E-state index contributed by atoms with van der Waals surface area (Å²) < 4.78 is 4.64. The van der Waals surface area contributed by atoms with Crippen molar-refractivity contribution in [2.24, 2.45) is 0 Å². The van der Waals surface area contributed by atoms with Crippen molar-refractivity contribution in [2.75, 3.05) is 32.8 Å². The van der Waals surface area contributed by atoms with Gasteiger partial charge in [0.25, 0.3) is 9.84 Å². The Labute approximate surface area is 78.3 Å². The number of aliphatic hydroxyl groups excluding tert-OH is 1. The van der Waals surface area contributed by atoms with E-state index in [0.29, 0.717) is 0 Å². The number of hydrogen-bond acceptors (Lipinski definition) is 3. The summed E-state index contributed by atoms with van der Waals surface area (Å²) in [7, 11) is 0.728. The molecule has 0 saturated carbocycles. The van der Waals surface area contributed by atoms with Crippen molar-refractivity contribution < 1.29 is 5.11 Å². The third-order valence-electron chi connectivity index (χ3n) is 1.80. The second kappa shape index (κ2) is 7.73. The van der Waals surface area contributed by atoms with E-state index in [1.54, 1.807) is 0 Å². The Balaban J connectivity index is 3.65. The minimum absolute atomic E-state index is 0.266. The van der Waals surface area contributed by atoms with Gasteiger partial charge in [0.15, 0.2) is 0 Å². The van der Waals surface area contributed by atoms with Gasteiger partial charge in [-0.15, -0.1) is 0 Å². The molecule has 0 aliphatic carbocycles. The topological polar surface area (TPSA) is 26.7 Å². The first-order valence-corrected chi connectivity index (χ1v) is 5.54. The first-order valence-electron chi connectivity index (χ1n) is 4.65. The van der Waals surface area contributed by atoms with Gasteiger partial charge in [0, 0.05) is 6.54 Å². The molecule has 0 aliphatic rings. The summed E-state index contributed by atoms with van der Waals surface area (Å²) >= 11 is 0. The summed E-state index contributed by atoms with van der Waals surface area (Å²) in [4.78, 5) is 0. The van der Waals surface area contributed by atoms with Crippen LogP contribution in [0.1, 0.15) is 20.8 Å². The van der Waals surface area contributed by atoms with Gasteiger partial charge in [-0.05, 0) is 19.6 Å². The van der Waals surface area contributed by atoms with Crippen molar-refractivity contribution in [3.05, 3.63) is 0 Å². The first kappa shape index (κ1) is 12.1. The highest BCUT2D eigenvalue weighted by Crippen LogP contribution is 1.90. The Hall–Kier alpha value is 0.0969. The predicted octanol–water partition coefficient (Wildman–Crippen LogP) is 0.177. The molecule has 0 aromatic heterocycles. The molecule has 4 heteroatoms. The molecule has 0 unspecified atom stereocenters. The SMILES string of the molecule is CCN(CC)[Si]N(CC)CCO. The number of nitrogens with zero attached hydrogens (tertiary/aromatic N) is 2. The lowest BCUT2D eigenvalue weighted by molar-refractivity contribution is 0.251. The Bertz CT molecular complexity index is 99.1. The zero-order chi connectivity index (χ0) is 9.40. The maximum atomic E-state index is 8.77. The van der Waals surface area contributed by atoms with E-state index in [2.05, 4.69) is 29.9 Å². The minimum Gasteiger partial charge on any atom is -0.395 e. The van der Waals surface area contributed by atoms with Gasteiger partial charge in [0.1, 0.15) is 0 Å². The fourth-order valence-corrected chi connectivity index (χ4v) is 1.99. The standard InChI is InChI=1S/C8H20N2OSi/c1-4-9(5-2)12-10(6-3)7-8-11/h11H,4-8H2,1-3H3. The minimum atomic E-state index is 0.266. The number of aliphatic hydroxyl groups is 1. The van der Waals surface area contributed by atoms with Crippen molar-refractivity contribution in [1.82, 2.24) is 9.13 Å². The van der Waals surface area contributed by atoms with Crippen LogP contribution >= 0.6 is 0 Å². The molecule has 0 rings (SSSR count). The normalized spacial score (nSPS) is 11.5. The Morgan fingerprint density at radius 2 is 1.50 bits per heavy atom. The van der Waals surface area contributed by atoms with Gasteiger partial charge in [-0.2, -0.15) is 0 Å². The van der Waals surface area contributed by atoms with Gasteiger partial charge in [0.2, 0.25) is 0 Å². The molecular formula is C8H20N2OSi. The summed E-state index contributed by atoms with van der Waals surface area (Å²) in [5.74, 6) is 0. The van der Waals surface area contributed by atoms with E-state index >= 15 is 0 Å². The van der Waals surface area contributed by atoms with Crippen LogP contribution in [0, 0.1) is 0 Å². The van der Waals surface area contributed by atoms with Crippen LogP contribution in [0.3, 0.4) is 0 Å². The monoisotopic (exact) mass is 188 g/mol. The zero-order valence-corrected chi connectivity index (χ0v) is 9.38. The Morgan fingerprint density at radius 1 is 1.00 bits per heavy atom. The molecule has 0 saturated heterocycles. The molecule has 0 aromatic carbocycles. The molecule has 0 amide bonds. The lowest BCUT2D eigenvalue weighted by Crippen LogP contribution is -2.42. The molecule has 2 radical (unpaired) electrons. The second-order valence-electron chi connectivity index (χ2n) is 2.58. The quantitative estimate of drug-likeness (QED) is 0.577. The number of hydrogen-bond donors (Lipinski definition) is 1. The van der Waals surface area contributed by atoms with Gasteiger partial charge in [-0.1, -0.05) is 20.8 Å². The highest BCUT2D eigenvalue weighted by molar-refractivity contribution is 6.28. The van der Waals surface area contributed by atoms with E-state index in [9.17, 15) is 0 Å². The van der Waals surface area contributed by atoms with Crippen LogP contribution < -0.4 is 0 Å². The molecule has 12 heavy (non-hydrogen) atoms. The highest BCUT2D eigenvalue weighted by atomic mass is 28.2. The maximum absolute atomic E-state index is 8.77. The van der Waals surface area contributed by atoms with Gasteiger partial charge in [-0.3, -0.25) is 0 Å². The fraction of sp³-hybridized carbons (Fsp3) is 1.00. The highest BCUT2D eigenvalue weighted by Gasteiger charge is 2.08. The average molecular weight is 188 g/mol. The summed E-state index contributed by atoms with van der Waals surface area (Å²) in [5.41, 5.74) is 0. The van der Waals surface area contributed by atoms with Crippen LogP contribution in [0.2, 0.25) is 0 Å². The molecule has 0 atom stereocenters. The second-order valence-corrected chi connectivity index (χ2v) is 4.04. The lowest BCUT2D eigenvalue weighted by Gasteiger charge is -2.25. The fourth-order valence-electron chi connectivity index (χ4n) is 0.965. The van der Waals surface area contributed by atoms with Crippen LogP contribution in [0.25, 0.3) is 0 Å². The molecule has 0 aliphatic heterocycles. The molecule has 1 N–H and O–H groups in total. The smallest absolute Gasteiger partial charge is 0.251 e. The maximum Gasteiger partial charge on any atom is 0.251 e. The van der Waals surface area contributed by atoms with Crippen LogP contribution in [0.15, 0.2) is 0 Å². The van der Waals surface area contributed by atoms with Crippen LogP contribution in [0.5, 0.6) is 0 Å². The molecule has 3 nitrogen and oxygen atoms in total. The summed E-state index contributed by atoms with van der Waals surface area (Å²) in [6.45, 7) is 10.7. The Kier molecular flexibility index (Phi) is 7.79. The lowest BCUT2D eigenvalue weighted by atomic mass is 10.6. The summed E-state index contributed by atoms with van der Waals surface area (Å²) in [6, 6.07) is 0. The molecular weight excluding hydrogens is 168 g/mol. The molecule has 0 heterocycles. The molecule has 0 aromatic rings. The van der Waals surface area contributed by atoms with Crippen molar-refractivity contribution in [2.45, 2.75) is 20.8 Å². The van der Waals surface area contributed by atoms with E-state index in [-0.39, 0.29) is 6.61 Å². The predicted molar refractivity (Wildman–Crippen MR) is 53.0 cm³/mol. The van der Waals surface area contributed by atoms with Gasteiger partial charge >= 0.3 is 0 Å². The van der Waals surface area contributed by atoms with Crippen molar-refractivity contribution in [3.63, 3.8) is 0 Å². The first-order chi connectivity index (χ1) is 5.78. The Morgan fingerprint density at radius 3 is 1.83 bits per heavy atom. The van der Waals surface area contributed by atoms with Crippen molar-refractivity contribution in [3.8, 4) is 0 Å². The van der Waals surface area contributed by atoms with Gasteiger partial charge in [0.05, 0.1) is 6.61 Å². The van der Waals surface area contributed by atoms with Crippen LogP contribution in [-0.4, -0.2) is 56.9 Å².